The van der Waals surface area contributed by atoms with Gasteiger partial charge in [-0.15, -0.1) is 0 Å². The van der Waals surface area contributed by atoms with Gasteiger partial charge < -0.3 is 9.67 Å². The lowest BCUT2D eigenvalue weighted by Crippen LogP contribution is -2.11. The number of hydrogen-bond acceptors (Lipinski definition) is 3. The Morgan fingerprint density at radius 3 is 2.48 bits per heavy atom. The van der Waals surface area contributed by atoms with Crippen LogP contribution in [0.3, 0.4) is 0 Å². The number of aromatic nitrogens is 1. The maximum absolute atomic E-state index is 12.2. The Kier molecular flexibility index (Phi) is 5.04. The van der Waals surface area contributed by atoms with Crippen molar-refractivity contribution in [1.29, 1.82) is 0 Å². The van der Waals surface area contributed by atoms with Crippen LogP contribution in [0.15, 0.2) is 48.7 Å². The van der Waals surface area contributed by atoms with Gasteiger partial charge in [-0.1, -0.05) is 48.6 Å². The predicted octanol–water partition coefficient (Wildman–Crippen LogP) is 4.10. The number of ketones is 1. The Hall–Kier alpha value is -1.78. The number of aliphatic hydroxyl groups excluding tert-OH is 1. The van der Waals surface area contributed by atoms with Crippen molar-refractivity contribution in [2.24, 2.45) is 0 Å². The number of aliphatic hydroxyl groups is 1. The van der Waals surface area contributed by atoms with E-state index in [0.29, 0.717) is 15.8 Å². The fourth-order valence-corrected chi connectivity index (χ4v) is 2.69. The molecule has 2 rings (SSSR count). The number of nitrogens with zero attached hydrogens (tertiary/aromatic N) is 1. The molecule has 110 valence electrons. The third kappa shape index (κ3) is 3.65. The molecule has 0 aliphatic rings. The largest absolute Gasteiger partial charge is 0.388 e. The standard InChI is InChI=1S/C17H19NO2S/c1-12(2)18-10-6-9-14(17(18)21)16(20)11-15(19)13-7-4-3-5-8-13/h3-10,12,16,20H,11H2,1-2H3/t16-/m1/s1. The number of Topliss-reactive ketones (excluding diaryl/α,β-unsaturated/α-hetero) is 1. The zero-order valence-electron chi connectivity index (χ0n) is 12.2. The summed E-state index contributed by atoms with van der Waals surface area (Å²) in [4.78, 5) is 12.2. The van der Waals surface area contributed by atoms with Gasteiger partial charge in [0.25, 0.3) is 0 Å². The molecular formula is C17H19NO2S. The van der Waals surface area contributed by atoms with Crippen LogP contribution in [0, 0.1) is 4.64 Å². The topological polar surface area (TPSA) is 42.2 Å². The van der Waals surface area contributed by atoms with Crippen LogP contribution < -0.4 is 0 Å². The van der Waals surface area contributed by atoms with Gasteiger partial charge in [-0.3, -0.25) is 4.79 Å². The van der Waals surface area contributed by atoms with Crippen LogP contribution >= 0.6 is 12.2 Å². The average molecular weight is 301 g/mol. The van der Waals surface area contributed by atoms with Crippen LogP contribution in [-0.2, 0) is 0 Å². The van der Waals surface area contributed by atoms with Gasteiger partial charge in [0.1, 0.15) is 4.64 Å². The van der Waals surface area contributed by atoms with Crippen molar-refractivity contribution in [3.63, 3.8) is 0 Å². The van der Waals surface area contributed by atoms with Crippen molar-refractivity contribution in [2.45, 2.75) is 32.4 Å². The zero-order chi connectivity index (χ0) is 15.4. The van der Waals surface area contributed by atoms with E-state index in [-0.39, 0.29) is 18.2 Å². The minimum absolute atomic E-state index is 0.0375. The van der Waals surface area contributed by atoms with E-state index in [0.717, 1.165) is 0 Å². The summed E-state index contributed by atoms with van der Waals surface area (Å²) in [5.74, 6) is -0.0857. The molecule has 1 aromatic heterocycles. The first-order valence-corrected chi connectivity index (χ1v) is 7.39. The summed E-state index contributed by atoms with van der Waals surface area (Å²) in [5.41, 5.74) is 1.24. The van der Waals surface area contributed by atoms with Crippen molar-refractivity contribution >= 4 is 18.0 Å². The number of hydrogen-bond donors (Lipinski definition) is 1. The molecule has 3 nitrogen and oxygen atoms in total. The van der Waals surface area contributed by atoms with Gasteiger partial charge in [0.15, 0.2) is 5.78 Å². The molecule has 0 saturated heterocycles. The molecule has 0 amide bonds. The van der Waals surface area contributed by atoms with E-state index < -0.39 is 6.10 Å². The van der Waals surface area contributed by atoms with E-state index in [2.05, 4.69) is 0 Å². The third-order valence-electron chi connectivity index (χ3n) is 3.39. The van der Waals surface area contributed by atoms with Crippen molar-refractivity contribution in [1.82, 2.24) is 4.57 Å². The summed E-state index contributed by atoms with van der Waals surface area (Å²) in [6, 6.07) is 12.8. The van der Waals surface area contributed by atoms with E-state index in [1.165, 1.54) is 0 Å². The number of carbonyl (C=O) groups excluding carboxylic acids is 1. The van der Waals surface area contributed by atoms with Crippen molar-refractivity contribution in [2.75, 3.05) is 0 Å². The van der Waals surface area contributed by atoms with E-state index in [1.807, 2.05) is 48.9 Å². The molecule has 4 heteroatoms. The highest BCUT2D eigenvalue weighted by atomic mass is 32.1. The molecular weight excluding hydrogens is 282 g/mol. The molecule has 21 heavy (non-hydrogen) atoms. The van der Waals surface area contributed by atoms with E-state index in [9.17, 15) is 9.90 Å². The monoisotopic (exact) mass is 301 g/mol. The summed E-state index contributed by atoms with van der Waals surface area (Å²) in [5, 5.41) is 10.3. The summed E-state index contributed by atoms with van der Waals surface area (Å²) in [7, 11) is 0. The maximum Gasteiger partial charge on any atom is 0.165 e. The quantitative estimate of drug-likeness (QED) is 0.667. The number of rotatable bonds is 5. The minimum Gasteiger partial charge on any atom is -0.388 e. The molecule has 0 spiro atoms. The first-order chi connectivity index (χ1) is 10.0. The average Bonchev–Trinajstić information content (AvgIpc) is 2.47. The van der Waals surface area contributed by atoms with Crippen LogP contribution in [0.5, 0.6) is 0 Å². The van der Waals surface area contributed by atoms with Gasteiger partial charge in [0.05, 0.1) is 6.10 Å². The fraction of sp³-hybridized carbons (Fsp3) is 0.294. The first-order valence-electron chi connectivity index (χ1n) is 6.98. The lowest BCUT2D eigenvalue weighted by atomic mass is 10.0. The van der Waals surface area contributed by atoms with Crippen LogP contribution in [0.2, 0.25) is 0 Å². The molecule has 2 aromatic rings. The van der Waals surface area contributed by atoms with E-state index >= 15 is 0 Å². The van der Waals surface area contributed by atoms with Gasteiger partial charge in [0.2, 0.25) is 0 Å². The highest BCUT2D eigenvalue weighted by molar-refractivity contribution is 7.71. The molecule has 0 bridgehead atoms. The van der Waals surface area contributed by atoms with Gasteiger partial charge in [-0.05, 0) is 19.9 Å². The van der Waals surface area contributed by atoms with Crippen molar-refractivity contribution in [3.05, 3.63) is 64.4 Å². The van der Waals surface area contributed by atoms with Gasteiger partial charge in [0, 0.05) is 29.8 Å². The molecule has 1 heterocycles. The summed E-state index contributed by atoms with van der Waals surface area (Å²) in [6.07, 6.45) is 1.05. The second-order valence-electron chi connectivity index (χ2n) is 5.28. The minimum atomic E-state index is -0.878. The molecule has 0 unspecified atom stereocenters. The first kappa shape index (κ1) is 15.6. The van der Waals surface area contributed by atoms with Crippen LogP contribution in [-0.4, -0.2) is 15.5 Å². The van der Waals surface area contributed by atoms with Crippen molar-refractivity contribution < 1.29 is 9.90 Å². The Morgan fingerprint density at radius 2 is 1.86 bits per heavy atom. The lowest BCUT2D eigenvalue weighted by molar-refractivity contribution is 0.0878. The molecule has 1 aromatic carbocycles. The van der Waals surface area contributed by atoms with Crippen molar-refractivity contribution in [3.8, 4) is 0 Å². The molecule has 0 radical (unpaired) electrons. The Labute approximate surface area is 129 Å². The molecule has 0 saturated carbocycles. The Balaban J connectivity index is 2.22. The second-order valence-corrected chi connectivity index (χ2v) is 5.67. The SMILES string of the molecule is CC(C)n1cccc([C@H](O)CC(=O)c2ccccc2)c1=S. The number of benzene rings is 1. The number of pyridine rings is 1. The Morgan fingerprint density at radius 1 is 1.19 bits per heavy atom. The molecule has 1 N–H and O–H groups in total. The summed E-state index contributed by atoms with van der Waals surface area (Å²) >= 11 is 5.41. The molecule has 0 fully saturated rings. The van der Waals surface area contributed by atoms with Crippen LogP contribution in [0.4, 0.5) is 0 Å². The second kappa shape index (κ2) is 6.78. The van der Waals surface area contributed by atoms with Gasteiger partial charge in [-0.2, -0.15) is 0 Å². The summed E-state index contributed by atoms with van der Waals surface area (Å²) in [6.45, 7) is 4.06. The fourth-order valence-electron chi connectivity index (χ4n) is 2.22. The highest BCUT2D eigenvalue weighted by Gasteiger charge is 2.17. The van der Waals surface area contributed by atoms with Crippen LogP contribution in [0.1, 0.15) is 48.3 Å². The Bertz CT molecular complexity index is 677. The smallest absolute Gasteiger partial charge is 0.165 e. The third-order valence-corrected chi connectivity index (χ3v) is 3.84. The molecule has 0 aliphatic heterocycles. The lowest BCUT2D eigenvalue weighted by Gasteiger charge is -2.16. The molecule has 0 aliphatic carbocycles. The van der Waals surface area contributed by atoms with E-state index in [1.54, 1.807) is 18.2 Å². The zero-order valence-corrected chi connectivity index (χ0v) is 13.0. The van der Waals surface area contributed by atoms with Gasteiger partial charge in [-0.25, -0.2) is 0 Å². The van der Waals surface area contributed by atoms with Crippen LogP contribution in [0.25, 0.3) is 0 Å². The molecule has 1 atom stereocenters. The summed E-state index contributed by atoms with van der Waals surface area (Å²) < 4.78 is 2.50. The maximum atomic E-state index is 12.2. The van der Waals surface area contributed by atoms with E-state index in [4.69, 9.17) is 12.2 Å². The predicted molar refractivity (Wildman–Crippen MR) is 86.0 cm³/mol. The normalized spacial score (nSPS) is 12.4. The van der Waals surface area contributed by atoms with Gasteiger partial charge >= 0.3 is 0 Å². The number of carbonyl (C=O) groups is 1. The highest BCUT2D eigenvalue weighted by Crippen LogP contribution is 2.21.